The highest BCUT2D eigenvalue weighted by Crippen LogP contribution is 1.98. The van der Waals surface area contributed by atoms with E-state index in [0.29, 0.717) is 0 Å². The fraction of sp³-hybridized carbons (Fsp3) is 0.375. The van der Waals surface area contributed by atoms with Crippen molar-refractivity contribution in [2.75, 3.05) is 7.11 Å². The number of carboxylic acid groups (broad SMARTS) is 1. The Labute approximate surface area is 80.1 Å². The average Bonchev–Trinajstić information content (AvgIpc) is 2.62. The van der Waals surface area contributed by atoms with Gasteiger partial charge >= 0.3 is 11.9 Å². The molecule has 6 nitrogen and oxygen atoms in total. The molecule has 0 fully saturated rings. The fourth-order valence-electron chi connectivity index (χ4n) is 0.910. The minimum absolute atomic E-state index is 0.0255. The van der Waals surface area contributed by atoms with Gasteiger partial charge in [0.1, 0.15) is 0 Å². The van der Waals surface area contributed by atoms with Gasteiger partial charge in [0, 0.05) is 6.20 Å². The standard InChI is InChI=1S/C8H10N2O4/c1-14-8(13)6-2-4-10(9-6)5-3-7(11)12/h2,4H,3,5H2,1H3,(H,11,12). The van der Waals surface area contributed by atoms with E-state index >= 15 is 0 Å². The van der Waals surface area contributed by atoms with Gasteiger partial charge in [0.2, 0.25) is 0 Å². The molecule has 14 heavy (non-hydrogen) atoms. The Morgan fingerprint density at radius 3 is 2.93 bits per heavy atom. The number of nitrogens with zero attached hydrogens (tertiary/aromatic N) is 2. The lowest BCUT2D eigenvalue weighted by Gasteiger charge is -1.96. The molecular weight excluding hydrogens is 188 g/mol. The molecule has 76 valence electrons. The van der Waals surface area contributed by atoms with E-state index in [1.54, 1.807) is 0 Å². The Morgan fingerprint density at radius 1 is 1.64 bits per heavy atom. The first-order valence-electron chi connectivity index (χ1n) is 3.97. The third-order valence-corrected chi connectivity index (χ3v) is 1.59. The quantitative estimate of drug-likeness (QED) is 0.696. The molecule has 0 radical (unpaired) electrons. The number of esters is 1. The summed E-state index contributed by atoms with van der Waals surface area (Å²) in [5, 5.41) is 12.2. The molecule has 0 spiro atoms. The van der Waals surface area contributed by atoms with E-state index < -0.39 is 11.9 Å². The van der Waals surface area contributed by atoms with E-state index in [4.69, 9.17) is 5.11 Å². The van der Waals surface area contributed by atoms with E-state index in [1.165, 1.54) is 24.1 Å². The zero-order valence-electron chi connectivity index (χ0n) is 7.64. The Balaban J connectivity index is 2.59. The van der Waals surface area contributed by atoms with Crippen LogP contribution in [0, 0.1) is 0 Å². The number of aliphatic carboxylic acids is 1. The van der Waals surface area contributed by atoms with Crippen LogP contribution >= 0.6 is 0 Å². The largest absolute Gasteiger partial charge is 0.481 e. The first kappa shape index (κ1) is 10.2. The van der Waals surface area contributed by atoms with Crippen LogP contribution in [0.4, 0.5) is 0 Å². The van der Waals surface area contributed by atoms with Crippen molar-refractivity contribution in [3.05, 3.63) is 18.0 Å². The fourth-order valence-corrected chi connectivity index (χ4v) is 0.910. The molecule has 0 aliphatic heterocycles. The van der Waals surface area contributed by atoms with Gasteiger partial charge in [0.05, 0.1) is 20.1 Å². The zero-order valence-corrected chi connectivity index (χ0v) is 7.64. The predicted octanol–water partition coefficient (Wildman–Crippen LogP) is 0.144. The third-order valence-electron chi connectivity index (χ3n) is 1.59. The Bertz CT molecular complexity index is 345. The summed E-state index contributed by atoms with van der Waals surface area (Å²) < 4.78 is 5.83. The van der Waals surface area contributed by atoms with Gasteiger partial charge in [-0.3, -0.25) is 9.48 Å². The Morgan fingerprint density at radius 2 is 2.36 bits per heavy atom. The molecule has 0 aliphatic carbocycles. The van der Waals surface area contributed by atoms with Crippen LogP contribution < -0.4 is 0 Å². The van der Waals surface area contributed by atoms with Crippen molar-refractivity contribution < 1.29 is 19.4 Å². The molecule has 0 aromatic carbocycles. The van der Waals surface area contributed by atoms with Gasteiger partial charge in [-0.05, 0) is 6.07 Å². The predicted molar refractivity (Wildman–Crippen MR) is 45.8 cm³/mol. The first-order valence-corrected chi connectivity index (χ1v) is 3.97. The molecule has 1 aromatic rings. The third kappa shape index (κ3) is 2.58. The maximum absolute atomic E-state index is 11.0. The normalized spacial score (nSPS) is 9.79. The number of ether oxygens (including phenoxy) is 1. The number of hydrogen-bond donors (Lipinski definition) is 1. The molecule has 6 heteroatoms. The van der Waals surface area contributed by atoms with Gasteiger partial charge in [-0.25, -0.2) is 4.79 Å². The molecular formula is C8H10N2O4. The lowest BCUT2D eigenvalue weighted by molar-refractivity contribution is -0.137. The molecule has 0 unspecified atom stereocenters. The van der Waals surface area contributed by atoms with E-state index in [-0.39, 0.29) is 18.7 Å². The van der Waals surface area contributed by atoms with Crippen LogP contribution in [0.5, 0.6) is 0 Å². The molecule has 0 saturated carbocycles. The van der Waals surface area contributed by atoms with Crippen LogP contribution in [0.25, 0.3) is 0 Å². The molecule has 0 saturated heterocycles. The number of carboxylic acids is 1. The maximum Gasteiger partial charge on any atom is 0.358 e. The van der Waals surface area contributed by atoms with Crippen molar-refractivity contribution in [2.24, 2.45) is 0 Å². The van der Waals surface area contributed by atoms with Crippen LogP contribution in [-0.4, -0.2) is 33.9 Å². The SMILES string of the molecule is COC(=O)c1ccn(CCC(=O)O)n1. The van der Waals surface area contributed by atoms with Crippen LogP contribution in [0.1, 0.15) is 16.9 Å². The van der Waals surface area contributed by atoms with Gasteiger partial charge in [-0.1, -0.05) is 0 Å². The second kappa shape index (κ2) is 4.40. The highest BCUT2D eigenvalue weighted by Gasteiger charge is 2.09. The molecule has 0 aliphatic rings. The van der Waals surface area contributed by atoms with Crippen molar-refractivity contribution in [2.45, 2.75) is 13.0 Å². The van der Waals surface area contributed by atoms with E-state index in [9.17, 15) is 9.59 Å². The summed E-state index contributed by atoms with van der Waals surface area (Å²) >= 11 is 0. The lowest BCUT2D eigenvalue weighted by atomic mass is 10.4. The van der Waals surface area contributed by atoms with Crippen LogP contribution in [0.15, 0.2) is 12.3 Å². The van der Waals surface area contributed by atoms with Gasteiger partial charge in [-0.2, -0.15) is 5.10 Å². The van der Waals surface area contributed by atoms with Gasteiger partial charge in [-0.15, -0.1) is 0 Å². The average molecular weight is 198 g/mol. The molecule has 1 rings (SSSR count). The van der Waals surface area contributed by atoms with Crippen LogP contribution in [-0.2, 0) is 16.1 Å². The lowest BCUT2D eigenvalue weighted by Crippen LogP contribution is -2.07. The molecule has 1 N–H and O–H groups in total. The molecule has 0 bridgehead atoms. The van der Waals surface area contributed by atoms with Crippen molar-refractivity contribution >= 4 is 11.9 Å². The van der Waals surface area contributed by atoms with Crippen molar-refractivity contribution in [1.29, 1.82) is 0 Å². The number of carbonyl (C=O) groups is 2. The molecule has 0 amide bonds. The summed E-state index contributed by atoms with van der Waals surface area (Å²) in [5.74, 6) is -1.43. The van der Waals surface area contributed by atoms with Crippen molar-refractivity contribution in [1.82, 2.24) is 9.78 Å². The smallest absolute Gasteiger partial charge is 0.358 e. The second-order valence-electron chi connectivity index (χ2n) is 2.60. The summed E-state index contributed by atoms with van der Waals surface area (Å²) in [7, 11) is 1.26. The molecule has 0 atom stereocenters. The van der Waals surface area contributed by atoms with Gasteiger partial charge < -0.3 is 9.84 Å². The van der Waals surface area contributed by atoms with Gasteiger partial charge in [0.15, 0.2) is 5.69 Å². The number of carbonyl (C=O) groups excluding carboxylic acids is 1. The Hall–Kier alpha value is -1.85. The Kier molecular flexibility index (Phi) is 3.22. The van der Waals surface area contributed by atoms with E-state index in [1.807, 2.05) is 0 Å². The summed E-state index contributed by atoms with van der Waals surface area (Å²) in [5.41, 5.74) is 0.179. The number of hydrogen-bond acceptors (Lipinski definition) is 4. The zero-order chi connectivity index (χ0) is 10.6. The van der Waals surface area contributed by atoms with E-state index in [2.05, 4.69) is 9.84 Å². The maximum atomic E-state index is 11.0. The first-order chi connectivity index (χ1) is 6.63. The summed E-state index contributed by atoms with van der Waals surface area (Å²) in [4.78, 5) is 21.2. The van der Waals surface area contributed by atoms with E-state index in [0.717, 1.165) is 0 Å². The highest BCUT2D eigenvalue weighted by molar-refractivity contribution is 5.86. The van der Waals surface area contributed by atoms with Gasteiger partial charge in [0.25, 0.3) is 0 Å². The summed E-state index contributed by atoms with van der Waals surface area (Å²) in [6, 6.07) is 1.48. The monoisotopic (exact) mass is 198 g/mol. The topological polar surface area (TPSA) is 81.4 Å². The highest BCUT2D eigenvalue weighted by atomic mass is 16.5. The molecule has 1 heterocycles. The number of aryl methyl sites for hydroxylation is 1. The number of rotatable bonds is 4. The van der Waals surface area contributed by atoms with Crippen molar-refractivity contribution in [3.8, 4) is 0 Å². The second-order valence-corrected chi connectivity index (χ2v) is 2.60. The summed E-state index contributed by atoms with van der Waals surface area (Å²) in [6.45, 7) is 0.242. The number of methoxy groups -OCH3 is 1. The van der Waals surface area contributed by atoms with Crippen LogP contribution in [0.2, 0.25) is 0 Å². The van der Waals surface area contributed by atoms with Crippen LogP contribution in [0.3, 0.4) is 0 Å². The molecule has 1 aromatic heterocycles. The minimum atomic E-state index is -0.903. The number of aromatic nitrogens is 2. The minimum Gasteiger partial charge on any atom is -0.481 e. The van der Waals surface area contributed by atoms with Crippen molar-refractivity contribution in [3.63, 3.8) is 0 Å². The summed E-state index contributed by atoms with van der Waals surface area (Å²) in [6.07, 6.45) is 1.51.